The predicted octanol–water partition coefficient (Wildman–Crippen LogP) is 2.06. The second-order valence-electron chi connectivity index (χ2n) is 5.43. The van der Waals surface area contributed by atoms with Crippen molar-refractivity contribution in [2.75, 3.05) is 19.7 Å². The topological polar surface area (TPSA) is 55.6 Å². The Kier molecular flexibility index (Phi) is 5.70. The Morgan fingerprint density at radius 3 is 2.76 bits per heavy atom. The molecule has 0 radical (unpaired) electrons. The fraction of sp³-hybridized carbons (Fsp3) is 0.562. The van der Waals surface area contributed by atoms with Gasteiger partial charge in [0.15, 0.2) is 0 Å². The Morgan fingerprint density at radius 2 is 2.14 bits per heavy atom. The molecule has 0 atom stereocenters. The fourth-order valence-electron chi connectivity index (χ4n) is 2.73. The summed E-state index contributed by atoms with van der Waals surface area (Å²) in [6.45, 7) is 4.97. The van der Waals surface area contributed by atoms with Crippen molar-refractivity contribution in [1.82, 2.24) is 4.90 Å². The van der Waals surface area contributed by atoms with E-state index in [0.717, 1.165) is 38.0 Å². The normalized spacial score (nSPS) is 16.9. The number of carbonyl (C=O) groups is 1. The first-order valence-corrected chi connectivity index (χ1v) is 7.50. The zero-order valence-electron chi connectivity index (χ0n) is 12.5. The number of carbonyl (C=O) groups excluding carboxylic acids is 1. The second-order valence-corrected chi connectivity index (χ2v) is 5.43. The number of hydrogen-bond donors (Lipinski definition) is 1. The summed E-state index contributed by atoms with van der Waals surface area (Å²) < 4.78 is 18.5. The highest BCUT2D eigenvalue weighted by molar-refractivity contribution is 5.72. The van der Waals surface area contributed by atoms with Gasteiger partial charge in [0.05, 0.1) is 12.5 Å². The van der Waals surface area contributed by atoms with Gasteiger partial charge in [-0.15, -0.1) is 0 Å². The summed E-state index contributed by atoms with van der Waals surface area (Å²) in [5.74, 6) is -0.305. The van der Waals surface area contributed by atoms with Crippen LogP contribution < -0.4 is 5.73 Å². The van der Waals surface area contributed by atoms with Gasteiger partial charge in [-0.25, -0.2) is 4.39 Å². The van der Waals surface area contributed by atoms with E-state index in [9.17, 15) is 9.18 Å². The van der Waals surface area contributed by atoms with Crippen molar-refractivity contribution in [2.24, 2.45) is 11.7 Å². The van der Waals surface area contributed by atoms with Gasteiger partial charge in [-0.3, -0.25) is 9.69 Å². The Hall–Kier alpha value is -1.46. The molecule has 1 aromatic rings. The first-order valence-electron chi connectivity index (χ1n) is 7.50. The minimum atomic E-state index is -0.248. The third-order valence-corrected chi connectivity index (χ3v) is 3.94. The summed E-state index contributed by atoms with van der Waals surface area (Å²) in [6.07, 6.45) is 1.65. The van der Waals surface area contributed by atoms with E-state index in [1.54, 1.807) is 6.07 Å². The molecule has 1 aliphatic rings. The van der Waals surface area contributed by atoms with Crippen molar-refractivity contribution in [2.45, 2.75) is 32.9 Å². The second kappa shape index (κ2) is 7.52. The van der Waals surface area contributed by atoms with Crippen molar-refractivity contribution in [3.63, 3.8) is 0 Å². The van der Waals surface area contributed by atoms with Crippen LogP contribution in [0.3, 0.4) is 0 Å². The van der Waals surface area contributed by atoms with E-state index >= 15 is 0 Å². The van der Waals surface area contributed by atoms with Gasteiger partial charge >= 0.3 is 5.97 Å². The molecular formula is C16H23FN2O2. The van der Waals surface area contributed by atoms with E-state index in [-0.39, 0.29) is 24.2 Å². The van der Waals surface area contributed by atoms with Crippen LogP contribution in [-0.2, 0) is 22.6 Å². The third-order valence-electron chi connectivity index (χ3n) is 3.94. The molecule has 1 fully saturated rings. The van der Waals surface area contributed by atoms with Crippen molar-refractivity contribution in [3.8, 4) is 0 Å². The van der Waals surface area contributed by atoms with E-state index in [1.165, 1.54) is 6.07 Å². The van der Waals surface area contributed by atoms with Crippen molar-refractivity contribution < 1.29 is 13.9 Å². The Balaban J connectivity index is 1.87. The van der Waals surface area contributed by atoms with Gasteiger partial charge in [-0.1, -0.05) is 12.1 Å². The summed E-state index contributed by atoms with van der Waals surface area (Å²) in [5.41, 5.74) is 7.14. The molecule has 0 amide bonds. The maximum absolute atomic E-state index is 13.4. The van der Waals surface area contributed by atoms with Crippen LogP contribution in [0, 0.1) is 11.7 Å². The molecule has 1 heterocycles. The third kappa shape index (κ3) is 4.25. The molecule has 1 aromatic carbocycles. The van der Waals surface area contributed by atoms with Crippen LogP contribution in [0.1, 0.15) is 30.9 Å². The average Bonchev–Trinajstić information content (AvgIpc) is 2.50. The van der Waals surface area contributed by atoms with E-state index < -0.39 is 0 Å². The minimum Gasteiger partial charge on any atom is -0.466 e. The number of halogens is 1. The largest absolute Gasteiger partial charge is 0.466 e. The van der Waals surface area contributed by atoms with Crippen LogP contribution in [-0.4, -0.2) is 30.6 Å². The molecule has 2 rings (SSSR count). The van der Waals surface area contributed by atoms with E-state index in [2.05, 4.69) is 4.90 Å². The lowest BCUT2D eigenvalue weighted by molar-refractivity contribution is -0.149. The number of nitrogens with zero attached hydrogens (tertiary/aromatic N) is 1. The van der Waals surface area contributed by atoms with Crippen LogP contribution in [0.15, 0.2) is 18.2 Å². The monoisotopic (exact) mass is 294 g/mol. The maximum atomic E-state index is 13.4. The van der Waals surface area contributed by atoms with Crippen LogP contribution in [0.2, 0.25) is 0 Å². The molecule has 21 heavy (non-hydrogen) atoms. The molecule has 1 saturated heterocycles. The van der Waals surface area contributed by atoms with Gasteiger partial charge in [0.25, 0.3) is 0 Å². The van der Waals surface area contributed by atoms with Crippen molar-refractivity contribution >= 4 is 5.97 Å². The number of piperidine rings is 1. The molecule has 0 aromatic heterocycles. The number of esters is 1. The molecule has 1 aliphatic heterocycles. The number of hydrogen-bond acceptors (Lipinski definition) is 4. The smallest absolute Gasteiger partial charge is 0.309 e. The molecule has 0 spiro atoms. The van der Waals surface area contributed by atoms with Crippen LogP contribution in [0.25, 0.3) is 0 Å². The highest BCUT2D eigenvalue weighted by Crippen LogP contribution is 2.21. The Morgan fingerprint density at radius 1 is 1.43 bits per heavy atom. The minimum absolute atomic E-state index is 0.0222. The van der Waals surface area contributed by atoms with Gasteiger partial charge in [0.1, 0.15) is 5.82 Å². The summed E-state index contributed by atoms with van der Waals surface area (Å²) >= 11 is 0. The molecule has 0 aliphatic carbocycles. The SMILES string of the molecule is CCOC(=O)C1CCN(Cc2ccc(F)c(CN)c2)CC1. The number of rotatable bonds is 5. The number of ether oxygens (including phenoxy) is 1. The highest BCUT2D eigenvalue weighted by Gasteiger charge is 2.25. The van der Waals surface area contributed by atoms with Crippen molar-refractivity contribution in [1.29, 1.82) is 0 Å². The lowest BCUT2D eigenvalue weighted by Crippen LogP contribution is -2.36. The highest BCUT2D eigenvalue weighted by atomic mass is 19.1. The van der Waals surface area contributed by atoms with E-state index in [4.69, 9.17) is 10.5 Å². The molecule has 5 heteroatoms. The zero-order valence-corrected chi connectivity index (χ0v) is 12.5. The van der Waals surface area contributed by atoms with Crippen molar-refractivity contribution in [3.05, 3.63) is 35.1 Å². The maximum Gasteiger partial charge on any atom is 0.309 e. The summed E-state index contributed by atoms with van der Waals surface area (Å²) in [7, 11) is 0. The van der Waals surface area contributed by atoms with Crippen LogP contribution in [0.5, 0.6) is 0 Å². The molecule has 2 N–H and O–H groups in total. The molecular weight excluding hydrogens is 271 g/mol. The quantitative estimate of drug-likeness (QED) is 0.845. The van der Waals surface area contributed by atoms with Gasteiger partial charge in [0.2, 0.25) is 0 Å². The van der Waals surface area contributed by atoms with Crippen LogP contribution in [0.4, 0.5) is 4.39 Å². The molecule has 4 nitrogen and oxygen atoms in total. The van der Waals surface area contributed by atoms with E-state index in [0.29, 0.717) is 12.2 Å². The standard InChI is InChI=1S/C16H23FN2O2/c1-2-21-16(20)13-5-7-19(8-6-13)11-12-3-4-15(17)14(9-12)10-18/h3-4,9,13H,2,5-8,10-11,18H2,1H3. The van der Waals surface area contributed by atoms with Gasteiger partial charge < -0.3 is 10.5 Å². The van der Waals surface area contributed by atoms with Gasteiger partial charge in [0, 0.05) is 18.7 Å². The number of likely N-dealkylation sites (tertiary alicyclic amines) is 1. The van der Waals surface area contributed by atoms with Gasteiger partial charge in [-0.05, 0) is 44.5 Å². The summed E-state index contributed by atoms with van der Waals surface area (Å²) in [6, 6.07) is 5.10. The van der Waals surface area contributed by atoms with Crippen LogP contribution >= 0.6 is 0 Å². The number of benzene rings is 1. The number of nitrogens with two attached hydrogens (primary N) is 1. The molecule has 116 valence electrons. The molecule has 0 saturated carbocycles. The zero-order chi connectivity index (χ0) is 15.2. The Bertz CT molecular complexity index is 485. The summed E-state index contributed by atoms with van der Waals surface area (Å²) in [4.78, 5) is 14.0. The molecule has 0 unspecified atom stereocenters. The lowest BCUT2D eigenvalue weighted by atomic mass is 9.96. The first kappa shape index (κ1) is 15.9. The Labute approximate surface area is 125 Å². The fourth-order valence-corrected chi connectivity index (χ4v) is 2.73. The average molecular weight is 294 g/mol. The lowest BCUT2D eigenvalue weighted by Gasteiger charge is -2.30. The predicted molar refractivity (Wildman–Crippen MR) is 78.9 cm³/mol. The summed E-state index contributed by atoms with van der Waals surface area (Å²) in [5, 5.41) is 0. The van der Waals surface area contributed by atoms with E-state index in [1.807, 2.05) is 13.0 Å². The first-order chi connectivity index (χ1) is 10.1. The van der Waals surface area contributed by atoms with Gasteiger partial charge in [-0.2, -0.15) is 0 Å². The molecule has 0 bridgehead atoms.